The number of carbonyl (C=O) groups excluding carboxylic acids is 1. The van der Waals surface area contributed by atoms with Crippen molar-refractivity contribution in [2.45, 2.75) is 63.7 Å². The average molecular weight is 399 g/mol. The highest BCUT2D eigenvalue weighted by Gasteiger charge is 2.29. The number of aromatic nitrogens is 3. The van der Waals surface area contributed by atoms with Crippen molar-refractivity contribution in [2.75, 3.05) is 18.8 Å². The van der Waals surface area contributed by atoms with Crippen LogP contribution in [0.5, 0.6) is 0 Å². The van der Waals surface area contributed by atoms with Gasteiger partial charge >= 0.3 is 0 Å². The molecule has 1 aromatic heterocycles. The van der Waals surface area contributed by atoms with Crippen molar-refractivity contribution >= 4 is 17.7 Å². The molecule has 0 spiro atoms. The number of amides is 1. The summed E-state index contributed by atoms with van der Waals surface area (Å²) in [4.78, 5) is 14.8. The molecule has 1 unspecified atom stereocenters. The van der Waals surface area contributed by atoms with Crippen LogP contribution >= 0.6 is 11.8 Å². The molecular formula is C22H30N4OS. The van der Waals surface area contributed by atoms with Gasteiger partial charge in [-0.1, -0.05) is 36.2 Å². The summed E-state index contributed by atoms with van der Waals surface area (Å²) in [5.74, 6) is 4.30. The summed E-state index contributed by atoms with van der Waals surface area (Å²) in [7, 11) is 0. The molecule has 28 heavy (non-hydrogen) atoms. The van der Waals surface area contributed by atoms with Gasteiger partial charge in [-0.15, -0.1) is 22.0 Å². The molecule has 0 saturated carbocycles. The first kappa shape index (κ1) is 19.5. The number of hydrogen-bond donors (Lipinski definition) is 0. The number of hydrogen-bond acceptors (Lipinski definition) is 4. The summed E-state index contributed by atoms with van der Waals surface area (Å²) >= 11 is 1.72. The molecule has 2 aliphatic rings. The lowest BCUT2D eigenvalue weighted by Crippen LogP contribution is -2.40. The second kappa shape index (κ2) is 9.12. The number of likely N-dealkylation sites (tertiary alicyclic amines) is 1. The molecule has 0 bridgehead atoms. The predicted octanol–water partition coefficient (Wildman–Crippen LogP) is 3.95. The van der Waals surface area contributed by atoms with Crippen LogP contribution < -0.4 is 0 Å². The van der Waals surface area contributed by atoms with Crippen LogP contribution in [0.25, 0.3) is 0 Å². The Morgan fingerprint density at radius 1 is 1.18 bits per heavy atom. The minimum atomic E-state index is 0.262. The largest absolute Gasteiger partial charge is 0.341 e. The standard InChI is InChI=1S/C22H30N4OS/c1-17-7-5-8-18(13-17)15-28-16-21(27)25-11-6-9-19(14-25)22-24-23-20-10-3-2-4-12-26(20)22/h5,7-8,13,19H,2-4,6,9-12,14-16H2,1H3. The molecule has 4 rings (SSSR count). The van der Waals surface area contributed by atoms with Gasteiger partial charge in [0, 0.05) is 37.7 Å². The van der Waals surface area contributed by atoms with E-state index in [2.05, 4.69) is 50.9 Å². The minimum absolute atomic E-state index is 0.262. The minimum Gasteiger partial charge on any atom is -0.341 e. The number of piperidine rings is 1. The molecular weight excluding hydrogens is 368 g/mol. The van der Waals surface area contributed by atoms with Crippen molar-refractivity contribution in [1.29, 1.82) is 0 Å². The van der Waals surface area contributed by atoms with Gasteiger partial charge in [-0.25, -0.2) is 0 Å². The van der Waals surface area contributed by atoms with Gasteiger partial charge in [0.05, 0.1) is 5.75 Å². The molecule has 1 atom stereocenters. The van der Waals surface area contributed by atoms with Gasteiger partial charge in [-0.05, 0) is 38.2 Å². The van der Waals surface area contributed by atoms with E-state index in [-0.39, 0.29) is 5.91 Å². The summed E-state index contributed by atoms with van der Waals surface area (Å²) in [6.07, 6.45) is 6.91. The van der Waals surface area contributed by atoms with E-state index in [1.54, 1.807) is 11.8 Å². The molecule has 6 heteroatoms. The Morgan fingerprint density at radius 3 is 3.00 bits per heavy atom. The third-order valence-electron chi connectivity index (χ3n) is 5.85. The maximum atomic E-state index is 12.8. The van der Waals surface area contributed by atoms with Crippen LogP contribution in [-0.4, -0.2) is 44.4 Å². The third-order valence-corrected chi connectivity index (χ3v) is 6.84. The number of fused-ring (bicyclic) bond motifs is 1. The second-order valence-electron chi connectivity index (χ2n) is 8.10. The van der Waals surface area contributed by atoms with Crippen LogP contribution in [-0.2, 0) is 23.5 Å². The second-order valence-corrected chi connectivity index (χ2v) is 9.08. The van der Waals surface area contributed by atoms with E-state index >= 15 is 0 Å². The Hall–Kier alpha value is -1.82. The quantitative estimate of drug-likeness (QED) is 0.765. The van der Waals surface area contributed by atoms with Crippen LogP contribution in [0, 0.1) is 6.92 Å². The number of rotatable bonds is 5. The van der Waals surface area contributed by atoms with Gasteiger partial charge in [0.1, 0.15) is 11.6 Å². The number of aryl methyl sites for hydroxylation is 2. The van der Waals surface area contributed by atoms with Crippen molar-refractivity contribution in [3.63, 3.8) is 0 Å². The van der Waals surface area contributed by atoms with Gasteiger partial charge < -0.3 is 9.47 Å². The fourth-order valence-corrected chi connectivity index (χ4v) is 5.25. The third kappa shape index (κ3) is 4.59. The number of nitrogens with zero attached hydrogens (tertiary/aromatic N) is 4. The number of benzene rings is 1. The number of carbonyl (C=O) groups is 1. The Labute approximate surface area is 171 Å². The molecule has 1 aromatic carbocycles. The Bertz CT molecular complexity index is 819. The van der Waals surface area contributed by atoms with Crippen molar-refractivity contribution in [2.24, 2.45) is 0 Å². The van der Waals surface area contributed by atoms with Crippen molar-refractivity contribution < 1.29 is 4.79 Å². The fraction of sp³-hybridized carbons (Fsp3) is 0.591. The van der Waals surface area contributed by atoms with Gasteiger partial charge in [-0.2, -0.15) is 0 Å². The summed E-state index contributed by atoms with van der Waals surface area (Å²) in [6, 6.07) is 8.53. The summed E-state index contributed by atoms with van der Waals surface area (Å²) in [5.41, 5.74) is 2.57. The van der Waals surface area contributed by atoms with E-state index in [0.717, 1.165) is 56.3 Å². The Kier molecular flexibility index (Phi) is 6.35. The Morgan fingerprint density at radius 2 is 2.11 bits per heavy atom. The lowest BCUT2D eigenvalue weighted by molar-refractivity contribution is -0.129. The van der Waals surface area contributed by atoms with Crippen molar-refractivity contribution in [3.05, 3.63) is 47.0 Å². The van der Waals surface area contributed by atoms with Gasteiger partial charge in [-0.3, -0.25) is 4.79 Å². The van der Waals surface area contributed by atoms with Crippen LogP contribution in [0.4, 0.5) is 0 Å². The highest BCUT2D eigenvalue weighted by atomic mass is 32.2. The zero-order valence-corrected chi connectivity index (χ0v) is 17.6. The zero-order valence-electron chi connectivity index (χ0n) is 16.8. The summed E-state index contributed by atoms with van der Waals surface area (Å²) in [6.45, 7) is 4.82. The highest BCUT2D eigenvalue weighted by molar-refractivity contribution is 7.99. The van der Waals surface area contributed by atoms with Crippen LogP contribution in [0.2, 0.25) is 0 Å². The lowest BCUT2D eigenvalue weighted by atomic mass is 9.97. The Balaban J connectivity index is 1.33. The lowest BCUT2D eigenvalue weighted by Gasteiger charge is -2.32. The molecule has 0 N–H and O–H groups in total. The van der Waals surface area contributed by atoms with Gasteiger partial charge in [0.15, 0.2) is 0 Å². The first-order valence-corrected chi connectivity index (χ1v) is 11.7. The predicted molar refractivity (Wildman–Crippen MR) is 113 cm³/mol. The topological polar surface area (TPSA) is 51.0 Å². The molecule has 1 saturated heterocycles. The fourth-order valence-electron chi connectivity index (χ4n) is 4.37. The molecule has 150 valence electrons. The maximum Gasteiger partial charge on any atom is 0.232 e. The average Bonchev–Trinajstić information content (AvgIpc) is 2.96. The van der Waals surface area contributed by atoms with Crippen LogP contribution in [0.3, 0.4) is 0 Å². The highest BCUT2D eigenvalue weighted by Crippen LogP contribution is 2.28. The first-order chi connectivity index (χ1) is 13.7. The van der Waals surface area contributed by atoms with Crippen molar-refractivity contribution in [1.82, 2.24) is 19.7 Å². The molecule has 2 aliphatic heterocycles. The summed E-state index contributed by atoms with van der Waals surface area (Å²) in [5, 5.41) is 8.99. The summed E-state index contributed by atoms with van der Waals surface area (Å²) < 4.78 is 2.35. The van der Waals surface area contributed by atoms with E-state index < -0.39 is 0 Å². The van der Waals surface area contributed by atoms with Crippen molar-refractivity contribution in [3.8, 4) is 0 Å². The number of thioether (sulfide) groups is 1. The molecule has 5 nitrogen and oxygen atoms in total. The molecule has 1 amide bonds. The van der Waals surface area contributed by atoms with E-state index in [9.17, 15) is 4.79 Å². The molecule has 0 radical (unpaired) electrons. The van der Waals surface area contributed by atoms with E-state index in [4.69, 9.17) is 0 Å². The molecule has 0 aliphatic carbocycles. The van der Waals surface area contributed by atoms with E-state index in [1.807, 2.05) is 0 Å². The molecule has 2 aromatic rings. The monoisotopic (exact) mass is 398 g/mol. The van der Waals surface area contributed by atoms with Crippen LogP contribution in [0.15, 0.2) is 24.3 Å². The first-order valence-electron chi connectivity index (χ1n) is 10.5. The SMILES string of the molecule is Cc1cccc(CSCC(=O)N2CCCC(c3nnc4n3CCCCC4)C2)c1. The van der Waals surface area contributed by atoms with Crippen LogP contribution in [0.1, 0.15) is 60.8 Å². The molecule has 1 fully saturated rings. The van der Waals surface area contributed by atoms with Gasteiger partial charge in [0.2, 0.25) is 5.91 Å². The van der Waals surface area contributed by atoms with Gasteiger partial charge in [0.25, 0.3) is 0 Å². The van der Waals surface area contributed by atoms with E-state index in [0.29, 0.717) is 11.7 Å². The molecule has 3 heterocycles. The maximum absolute atomic E-state index is 12.8. The zero-order chi connectivity index (χ0) is 19.3. The normalized spacial score (nSPS) is 19.9. The smallest absolute Gasteiger partial charge is 0.232 e. The van der Waals surface area contributed by atoms with E-state index in [1.165, 1.54) is 30.4 Å².